The molecular formula is C19H19N3O4S2. The summed E-state index contributed by atoms with van der Waals surface area (Å²) in [6, 6.07) is 13.5. The number of nitrogens with one attached hydrogen (secondary N) is 2. The Labute approximate surface area is 167 Å². The van der Waals surface area contributed by atoms with Crippen LogP contribution in [0, 0.1) is 6.92 Å². The Kier molecular flexibility index (Phi) is 5.96. The van der Waals surface area contributed by atoms with Crippen molar-refractivity contribution in [3.63, 3.8) is 0 Å². The van der Waals surface area contributed by atoms with E-state index in [1.165, 1.54) is 19.2 Å². The zero-order chi connectivity index (χ0) is 20.1. The Balaban J connectivity index is 1.66. The molecule has 0 spiro atoms. The smallest absolute Gasteiger partial charge is 0.263 e. The van der Waals surface area contributed by atoms with Gasteiger partial charge in [0, 0.05) is 5.38 Å². The molecule has 0 aliphatic rings. The van der Waals surface area contributed by atoms with Crippen molar-refractivity contribution in [1.82, 2.24) is 4.98 Å². The molecule has 0 aliphatic heterocycles. The van der Waals surface area contributed by atoms with Crippen LogP contribution >= 0.6 is 11.3 Å². The molecule has 0 saturated heterocycles. The second kappa shape index (κ2) is 8.41. The van der Waals surface area contributed by atoms with Crippen LogP contribution < -0.4 is 14.8 Å². The van der Waals surface area contributed by atoms with Crippen molar-refractivity contribution in [1.29, 1.82) is 0 Å². The maximum atomic E-state index is 12.3. The molecule has 7 nitrogen and oxygen atoms in total. The molecule has 0 atom stereocenters. The van der Waals surface area contributed by atoms with Crippen molar-refractivity contribution in [3.05, 3.63) is 65.2 Å². The molecule has 28 heavy (non-hydrogen) atoms. The Bertz CT molecular complexity index is 1080. The van der Waals surface area contributed by atoms with Crippen LogP contribution in [0.25, 0.3) is 0 Å². The number of anilines is 2. The number of methoxy groups -OCH3 is 1. The van der Waals surface area contributed by atoms with E-state index in [1.54, 1.807) is 29.6 Å². The van der Waals surface area contributed by atoms with Gasteiger partial charge in [-0.25, -0.2) is 13.4 Å². The third-order valence-electron chi connectivity index (χ3n) is 3.80. The monoisotopic (exact) mass is 417 g/mol. The minimum atomic E-state index is -3.71. The number of carbonyl (C=O) groups is 1. The van der Waals surface area contributed by atoms with Gasteiger partial charge >= 0.3 is 0 Å². The third-order valence-corrected chi connectivity index (χ3v) is 6.09. The molecule has 1 heterocycles. The standard InChI is InChI=1S/C19H19N3O4S2/c1-13-8-9-17(26-2)16(10-13)21-18(23)11-14-12-27-19(20-14)22-28(24,25)15-6-4-3-5-7-15/h3-10,12H,11H2,1-2H3,(H,20,22)(H,21,23). The number of nitrogens with zero attached hydrogens (tertiary/aromatic N) is 1. The van der Waals surface area contributed by atoms with Crippen molar-refractivity contribution in [2.24, 2.45) is 0 Å². The minimum Gasteiger partial charge on any atom is -0.495 e. The number of ether oxygens (including phenoxy) is 1. The van der Waals surface area contributed by atoms with E-state index in [0.717, 1.165) is 16.9 Å². The molecule has 0 saturated carbocycles. The van der Waals surface area contributed by atoms with E-state index < -0.39 is 10.0 Å². The number of thiazole rings is 1. The SMILES string of the molecule is COc1ccc(C)cc1NC(=O)Cc1csc(NS(=O)(=O)c2ccccc2)n1. The number of hydrogen-bond acceptors (Lipinski definition) is 6. The summed E-state index contributed by atoms with van der Waals surface area (Å²) in [7, 11) is -2.18. The number of carbonyl (C=O) groups excluding carboxylic acids is 1. The van der Waals surface area contributed by atoms with E-state index in [0.29, 0.717) is 17.1 Å². The van der Waals surface area contributed by atoms with Crippen LogP contribution in [-0.4, -0.2) is 26.4 Å². The van der Waals surface area contributed by atoms with Crippen molar-refractivity contribution >= 4 is 38.1 Å². The zero-order valence-electron chi connectivity index (χ0n) is 15.3. The fourth-order valence-corrected chi connectivity index (χ4v) is 4.47. The number of amides is 1. The average molecular weight is 418 g/mol. The van der Waals surface area contributed by atoms with E-state index >= 15 is 0 Å². The molecule has 0 bridgehead atoms. The second-order valence-electron chi connectivity index (χ2n) is 5.99. The van der Waals surface area contributed by atoms with Gasteiger partial charge in [-0.15, -0.1) is 11.3 Å². The first-order chi connectivity index (χ1) is 13.4. The summed E-state index contributed by atoms with van der Waals surface area (Å²) in [4.78, 5) is 16.7. The number of sulfonamides is 1. The average Bonchev–Trinajstić information content (AvgIpc) is 3.08. The first kappa shape index (κ1) is 19.8. The largest absolute Gasteiger partial charge is 0.495 e. The normalized spacial score (nSPS) is 11.1. The molecule has 9 heteroatoms. The lowest BCUT2D eigenvalue weighted by Crippen LogP contribution is -2.16. The van der Waals surface area contributed by atoms with Crippen LogP contribution in [0.3, 0.4) is 0 Å². The minimum absolute atomic E-state index is 0.0145. The topological polar surface area (TPSA) is 97.4 Å². The predicted molar refractivity (Wildman–Crippen MR) is 109 cm³/mol. The van der Waals surface area contributed by atoms with Crippen molar-refractivity contribution < 1.29 is 17.9 Å². The lowest BCUT2D eigenvalue weighted by molar-refractivity contribution is -0.115. The Morgan fingerprint density at radius 3 is 2.64 bits per heavy atom. The van der Waals surface area contributed by atoms with Crippen LogP contribution in [0.15, 0.2) is 58.8 Å². The quantitative estimate of drug-likeness (QED) is 0.614. The molecule has 2 aromatic carbocycles. The van der Waals surface area contributed by atoms with Crippen LogP contribution in [-0.2, 0) is 21.2 Å². The highest BCUT2D eigenvalue weighted by atomic mass is 32.2. The molecule has 2 N–H and O–H groups in total. The molecule has 0 aliphatic carbocycles. The Morgan fingerprint density at radius 2 is 1.93 bits per heavy atom. The molecular weight excluding hydrogens is 398 g/mol. The van der Waals surface area contributed by atoms with Crippen molar-refractivity contribution in [2.75, 3.05) is 17.1 Å². The first-order valence-corrected chi connectivity index (χ1v) is 10.7. The molecule has 3 aromatic rings. The molecule has 0 radical (unpaired) electrons. The van der Waals surface area contributed by atoms with Crippen molar-refractivity contribution in [2.45, 2.75) is 18.2 Å². The molecule has 146 valence electrons. The number of hydrogen-bond donors (Lipinski definition) is 2. The summed E-state index contributed by atoms with van der Waals surface area (Å²) in [5.41, 5.74) is 2.04. The van der Waals surface area contributed by atoms with Gasteiger partial charge in [-0.3, -0.25) is 9.52 Å². The lowest BCUT2D eigenvalue weighted by atomic mass is 10.2. The van der Waals surface area contributed by atoms with E-state index in [9.17, 15) is 13.2 Å². The summed E-state index contributed by atoms with van der Waals surface area (Å²) >= 11 is 1.12. The molecule has 1 amide bonds. The molecule has 1 aromatic heterocycles. The first-order valence-electron chi connectivity index (χ1n) is 8.34. The maximum absolute atomic E-state index is 12.3. The van der Waals surface area contributed by atoms with Gasteiger partial charge in [-0.2, -0.15) is 0 Å². The number of benzene rings is 2. The third kappa shape index (κ3) is 4.87. The Hall–Kier alpha value is -2.91. The number of aromatic nitrogens is 1. The lowest BCUT2D eigenvalue weighted by Gasteiger charge is -2.10. The van der Waals surface area contributed by atoms with Gasteiger partial charge in [-0.05, 0) is 36.8 Å². The van der Waals surface area contributed by atoms with Crippen LogP contribution in [0.1, 0.15) is 11.3 Å². The van der Waals surface area contributed by atoms with Gasteiger partial charge in [0.2, 0.25) is 5.91 Å². The molecule has 0 unspecified atom stereocenters. The van der Waals surface area contributed by atoms with Gasteiger partial charge in [0.05, 0.1) is 29.8 Å². The van der Waals surface area contributed by atoms with E-state index in [4.69, 9.17) is 4.74 Å². The van der Waals surface area contributed by atoms with Crippen LogP contribution in [0.5, 0.6) is 5.75 Å². The molecule has 0 fully saturated rings. The highest BCUT2D eigenvalue weighted by Gasteiger charge is 2.17. The zero-order valence-corrected chi connectivity index (χ0v) is 16.9. The maximum Gasteiger partial charge on any atom is 0.263 e. The van der Waals surface area contributed by atoms with E-state index in [-0.39, 0.29) is 22.4 Å². The van der Waals surface area contributed by atoms with Crippen LogP contribution in [0.4, 0.5) is 10.8 Å². The highest BCUT2D eigenvalue weighted by molar-refractivity contribution is 7.93. The van der Waals surface area contributed by atoms with Gasteiger partial charge < -0.3 is 10.1 Å². The summed E-state index contributed by atoms with van der Waals surface area (Å²) in [6.07, 6.45) is 0.0145. The fraction of sp³-hybridized carbons (Fsp3) is 0.158. The second-order valence-corrected chi connectivity index (χ2v) is 8.53. The van der Waals surface area contributed by atoms with Crippen LogP contribution in [0.2, 0.25) is 0 Å². The van der Waals surface area contributed by atoms with Gasteiger partial charge in [0.15, 0.2) is 5.13 Å². The van der Waals surface area contributed by atoms with Gasteiger partial charge in [0.25, 0.3) is 10.0 Å². The summed E-state index contributed by atoms with van der Waals surface area (Å²) in [5.74, 6) is 0.292. The highest BCUT2D eigenvalue weighted by Crippen LogP contribution is 2.26. The number of rotatable bonds is 7. The number of aryl methyl sites for hydroxylation is 1. The van der Waals surface area contributed by atoms with Gasteiger partial charge in [-0.1, -0.05) is 24.3 Å². The van der Waals surface area contributed by atoms with E-state index in [2.05, 4.69) is 15.0 Å². The summed E-state index contributed by atoms with van der Waals surface area (Å²) in [6.45, 7) is 1.92. The van der Waals surface area contributed by atoms with Crippen molar-refractivity contribution in [3.8, 4) is 5.75 Å². The fourth-order valence-electron chi connectivity index (χ4n) is 2.49. The summed E-state index contributed by atoms with van der Waals surface area (Å²) in [5, 5.41) is 4.65. The predicted octanol–water partition coefficient (Wildman–Crippen LogP) is 3.44. The summed E-state index contributed by atoms with van der Waals surface area (Å²) < 4.78 is 32.4. The van der Waals surface area contributed by atoms with Gasteiger partial charge in [0.1, 0.15) is 5.75 Å². The van der Waals surface area contributed by atoms with E-state index in [1.807, 2.05) is 19.1 Å². The Morgan fingerprint density at radius 1 is 1.18 bits per heavy atom. The molecule has 3 rings (SSSR count).